The van der Waals surface area contributed by atoms with Crippen LogP contribution in [0.15, 0.2) is 49.1 Å². The summed E-state index contributed by atoms with van der Waals surface area (Å²) in [5.41, 5.74) is 0.920. The lowest BCUT2D eigenvalue weighted by molar-refractivity contribution is -0.116. The van der Waals surface area contributed by atoms with Gasteiger partial charge < -0.3 is 25.2 Å². The van der Waals surface area contributed by atoms with Gasteiger partial charge in [0.05, 0.1) is 47.8 Å². The molecule has 3 heterocycles. The Morgan fingerprint density at radius 2 is 2.09 bits per heavy atom. The number of aliphatic hydroxyl groups is 1. The second-order valence-corrected chi connectivity index (χ2v) is 10.6. The van der Waals surface area contributed by atoms with Crippen molar-refractivity contribution in [2.24, 2.45) is 0 Å². The van der Waals surface area contributed by atoms with E-state index in [9.17, 15) is 18.7 Å². The summed E-state index contributed by atoms with van der Waals surface area (Å²) in [4.78, 5) is 23.6. The molecule has 11 nitrogen and oxygen atoms in total. The average Bonchev–Trinajstić information content (AvgIpc) is 3.62. The zero-order valence-corrected chi connectivity index (χ0v) is 24.1. The molecule has 228 valence electrons. The second-order valence-electron chi connectivity index (χ2n) is 10.6. The van der Waals surface area contributed by atoms with Crippen LogP contribution in [-0.2, 0) is 11.3 Å². The molecule has 2 aromatic carbocycles. The number of fused-ring (bicyclic) bond motifs is 1. The first-order valence-corrected chi connectivity index (χ1v) is 14.3. The number of amides is 1. The minimum absolute atomic E-state index is 0.124. The predicted molar refractivity (Wildman–Crippen MR) is 158 cm³/mol. The Morgan fingerprint density at radius 1 is 1.23 bits per heavy atom. The number of benzene rings is 2. The molecule has 0 spiro atoms. The molecule has 1 aliphatic rings. The molecule has 43 heavy (non-hydrogen) atoms. The van der Waals surface area contributed by atoms with Crippen LogP contribution in [0, 0.1) is 11.6 Å². The van der Waals surface area contributed by atoms with Gasteiger partial charge in [0.25, 0.3) is 0 Å². The number of likely N-dealkylation sites (tertiary alicyclic amines) is 1. The van der Waals surface area contributed by atoms with E-state index in [1.807, 2.05) is 26.0 Å². The fraction of sp³-hybridized carbons (Fsp3) is 0.400. The highest BCUT2D eigenvalue weighted by Crippen LogP contribution is 2.36. The van der Waals surface area contributed by atoms with Crippen LogP contribution in [0.5, 0.6) is 11.5 Å². The fourth-order valence-electron chi connectivity index (χ4n) is 5.10. The van der Waals surface area contributed by atoms with Crippen molar-refractivity contribution in [3.8, 4) is 11.5 Å². The van der Waals surface area contributed by atoms with Crippen LogP contribution in [0.1, 0.15) is 33.1 Å². The number of nitrogens with one attached hydrogen (secondary N) is 2. The van der Waals surface area contributed by atoms with Crippen molar-refractivity contribution < 1.29 is 28.2 Å². The van der Waals surface area contributed by atoms with Crippen LogP contribution in [0.2, 0.25) is 0 Å². The van der Waals surface area contributed by atoms with E-state index in [1.54, 1.807) is 6.20 Å². The molecule has 0 aliphatic carbocycles. The maximum Gasteiger partial charge on any atom is 0.246 e. The van der Waals surface area contributed by atoms with Crippen molar-refractivity contribution in [3.63, 3.8) is 0 Å². The van der Waals surface area contributed by atoms with Gasteiger partial charge in [-0.25, -0.2) is 18.7 Å². The van der Waals surface area contributed by atoms with Gasteiger partial charge in [-0.15, -0.1) is 0 Å². The number of aliphatic hydroxyl groups excluding tert-OH is 1. The van der Waals surface area contributed by atoms with Crippen molar-refractivity contribution in [1.82, 2.24) is 24.6 Å². The van der Waals surface area contributed by atoms with Gasteiger partial charge in [0.2, 0.25) is 5.91 Å². The number of halogens is 2. The van der Waals surface area contributed by atoms with Gasteiger partial charge in [-0.3, -0.25) is 14.4 Å². The van der Waals surface area contributed by atoms with Crippen LogP contribution >= 0.6 is 0 Å². The molecule has 0 saturated carbocycles. The first-order valence-electron chi connectivity index (χ1n) is 14.3. The monoisotopic (exact) mass is 595 g/mol. The Kier molecular flexibility index (Phi) is 9.62. The lowest BCUT2D eigenvalue weighted by atomic mass is 10.2. The third kappa shape index (κ3) is 7.54. The van der Waals surface area contributed by atoms with Crippen molar-refractivity contribution in [2.45, 2.75) is 51.8 Å². The van der Waals surface area contributed by atoms with Crippen molar-refractivity contribution >= 4 is 34.0 Å². The standard InChI is InChI=1S/C30H35F2N7O4/c1-19(2)43-26-13-22(42-11-5-10-38-9-4-6-21(38)17-40)12-25-28(26)30(34-18-33-25)36-20-14-35-39(15-20)16-27(41)37-24-8-3-7-23(31)29(24)32/h3,7-8,12-15,18-19,21,40H,4-6,9-11,16-17H2,1-2H3,(H,37,41)(H,33,34,36)/t21-/m1/s1. The number of hydrogen-bond donors (Lipinski definition) is 3. The summed E-state index contributed by atoms with van der Waals surface area (Å²) in [7, 11) is 0. The van der Waals surface area contributed by atoms with Crippen molar-refractivity contribution in [3.05, 3.63) is 60.7 Å². The number of carbonyl (C=O) groups is 1. The molecule has 1 fully saturated rings. The molecule has 0 bridgehead atoms. The summed E-state index contributed by atoms with van der Waals surface area (Å²) in [6, 6.07) is 7.46. The minimum atomic E-state index is -1.12. The molecule has 1 amide bonds. The molecule has 1 saturated heterocycles. The normalized spacial score (nSPS) is 15.3. The molecule has 1 aliphatic heterocycles. The van der Waals surface area contributed by atoms with Crippen LogP contribution in [0.25, 0.3) is 10.9 Å². The molecule has 13 heteroatoms. The summed E-state index contributed by atoms with van der Waals surface area (Å²) in [5.74, 6) is -1.09. The number of ether oxygens (including phenoxy) is 2. The number of aromatic nitrogens is 4. The highest BCUT2D eigenvalue weighted by molar-refractivity contribution is 5.96. The molecular formula is C30H35F2N7O4. The summed E-state index contributed by atoms with van der Waals surface area (Å²) >= 11 is 0. The van der Waals surface area contributed by atoms with E-state index in [4.69, 9.17) is 9.47 Å². The Labute approximate surface area is 247 Å². The lowest BCUT2D eigenvalue weighted by Gasteiger charge is -2.22. The summed E-state index contributed by atoms with van der Waals surface area (Å²) in [6.45, 7) is 6.19. The maximum absolute atomic E-state index is 13.9. The topological polar surface area (TPSA) is 127 Å². The summed E-state index contributed by atoms with van der Waals surface area (Å²) < 4.78 is 40.9. The average molecular weight is 596 g/mol. The molecule has 0 radical (unpaired) electrons. The van der Waals surface area contributed by atoms with E-state index in [2.05, 4.69) is 30.6 Å². The molecule has 0 unspecified atom stereocenters. The number of anilines is 3. The third-order valence-corrected chi connectivity index (χ3v) is 7.03. The van der Waals surface area contributed by atoms with Gasteiger partial charge in [0.15, 0.2) is 11.6 Å². The summed E-state index contributed by atoms with van der Waals surface area (Å²) in [6.07, 6.45) is 7.38. The second kappa shape index (κ2) is 13.7. The largest absolute Gasteiger partial charge is 0.493 e. The SMILES string of the molecule is CC(C)Oc1cc(OCCCN2CCC[C@@H]2CO)cc2ncnc(Nc3cnn(CC(=O)Nc4cccc(F)c4F)c3)c12. The predicted octanol–water partition coefficient (Wildman–Crippen LogP) is 4.50. The first-order chi connectivity index (χ1) is 20.8. The Bertz CT molecular complexity index is 1570. The molecule has 2 aromatic heterocycles. The van der Waals surface area contributed by atoms with E-state index in [-0.39, 0.29) is 31.0 Å². The highest BCUT2D eigenvalue weighted by atomic mass is 19.2. The highest BCUT2D eigenvalue weighted by Gasteiger charge is 2.23. The van der Waals surface area contributed by atoms with E-state index in [0.717, 1.165) is 38.4 Å². The zero-order chi connectivity index (χ0) is 30.3. The molecule has 1 atom stereocenters. The first kappa shape index (κ1) is 30.1. The maximum atomic E-state index is 13.9. The van der Waals surface area contributed by atoms with Crippen LogP contribution < -0.4 is 20.1 Å². The Hall–Kier alpha value is -4.36. The van der Waals surface area contributed by atoms with Crippen LogP contribution in [-0.4, -0.2) is 74.1 Å². The van der Waals surface area contributed by atoms with Crippen molar-refractivity contribution in [2.75, 3.05) is 36.9 Å². The Morgan fingerprint density at radius 3 is 2.91 bits per heavy atom. The quantitative estimate of drug-likeness (QED) is 0.192. The molecule has 4 aromatic rings. The van der Waals surface area contributed by atoms with Gasteiger partial charge in [0.1, 0.15) is 30.2 Å². The van der Waals surface area contributed by atoms with Crippen molar-refractivity contribution in [1.29, 1.82) is 0 Å². The third-order valence-electron chi connectivity index (χ3n) is 7.03. The minimum Gasteiger partial charge on any atom is -0.493 e. The van der Waals surface area contributed by atoms with E-state index >= 15 is 0 Å². The number of hydrogen-bond acceptors (Lipinski definition) is 9. The number of nitrogens with zero attached hydrogens (tertiary/aromatic N) is 5. The van der Waals surface area contributed by atoms with E-state index in [0.29, 0.717) is 40.5 Å². The van der Waals surface area contributed by atoms with Gasteiger partial charge in [0, 0.05) is 30.9 Å². The lowest BCUT2D eigenvalue weighted by Crippen LogP contribution is -2.33. The van der Waals surface area contributed by atoms with Gasteiger partial charge in [-0.2, -0.15) is 5.10 Å². The van der Waals surface area contributed by atoms with Crippen LogP contribution in [0.3, 0.4) is 0 Å². The molecule has 3 N–H and O–H groups in total. The fourth-order valence-corrected chi connectivity index (χ4v) is 5.10. The van der Waals surface area contributed by atoms with Crippen LogP contribution in [0.4, 0.5) is 26.0 Å². The molecule has 5 rings (SSSR count). The number of rotatable bonds is 13. The zero-order valence-electron chi connectivity index (χ0n) is 24.1. The smallest absolute Gasteiger partial charge is 0.246 e. The molecular weight excluding hydrogens is 560 g/mol. The Balaban J connectivity index is 1.27. The van der Waals surface area contributed by atoms with E-state index in [1.165, 1.54) is 29.3 Å². The van der Waals surface area contributed by atoms with E-state index < -0.39 is 17.5 Å². The van der Waals surface area contributed by atoms with Gasteiger partial charge in [-0.1, -0.05) is 6.07 Å². The summed E-state index contributed by atoms with van der Waals surface area (Å²) in [5, 5.41) is 20.0. The van der Waals surface area contributed by atoms with Gasteiger partial charge >= 0.3 is 0 Å². The van der Waals surface area contributed by atoms with Gasteiger partial charge in [-0.05, 0) is 51.8 Å². The number of carbonyl (C=O) groups excluding carboxylic acids is 1.